The number of para-hydroxylation sites is 1. The molecule has 2 aliphatic rings. The van der Waals surface area contributed by atoms with E-state index in [2.05, 4.69) is 26.7 Å². The second-order valence-corrected chi connectivity index (χ2v) is 7.96. The van der Waals surface area contributed by atoms with Crippen molar-refractivity contribution in [2.24, 2.45) is 5.92 Å². The van der Waals surface area contributed by atoms with Crippen molar-refractivity contribution in [1.29, 1.82) is 0 Å². The van der Waals surface area contributed by atoms with Crippen LogP contribution in [0.5, 0.6) is 0 Å². The van der Waals surface area contributed by atoms with E-state index in [1.807, 2.05) is 24.3 Å². The van der Waals surface area contributed by atoms with Crippen LogP contribution in [-0.4, -0.2) is 16.7 Å². The summed E-state index contributed by atoms with van der Waals surface area (Å²) in [5, 5.41) is 7.38. The summed E-state index contributed by atoms with van der Waals surface area (Å²) in [7, 11) is 0. The van der Waals surface area contributed by atoms with E-state index >= 15 is 0 Å². The predicted molar refractivity (Wildman–Crippen MR) is 107 cm³/mol. The molecular weight excluding hydrogens is 375 g/mol. The Bertz CT molecular complexity index is 1090. The Morgan fingerprint density at radius 3 is 2.82 bits per heavy atom. The molecule has 0 amide bonds. The van der Waals surface area contributed by atoms with Crippen LogP contribution in [0.15, 0.2) is 60.3 Å². The molecule has 0 saturated carbocycles. The number of allylic oxidation sites excluding steroid dienone is 1. The number of anilines is 1. The smallest absolute Gasteiger partial charge is 0.299 e. The average Bonchev–Trinajstić information content (AvgIpc) is 3.10. The molecule has 0 spiro atoms. The lowest BCUT2D eigenvalue weighted by molar-refractivity contribution is -0.522. The number of fused-ring (bicyclic) bond motifs is 2. The van der Waals surface area contributed by atoms with Gasteiger partial charge in [-0.2, -0.15) is 0 Å². The summed E-state index contributed by atoms with van der Waals surface area (Å²) < 4.78 is 14.5. The summed E-state index contributed by atoms with van der Waals surface area (Å²) in [5.74, 6) is 0.261. The van der Waals surface area contributed by atoms with E-state index in [1.54, 1.807) is 23.5 Å². The first-order chi connectivity index (χ1) is 13.7. The summed E-state index contributed by atoms with van der Waals surface area (Å²) in [6.45, 7) is 0. The van der Waals surface area contributed by atoms with Crippen LogP contribution >= 0.6 is 11.3 Å². The van der Waals surface area contributed by atoms with E-state index in [0.29, 0.717) is 12.4 Å². The number of halogens is 1. The number of nitrogens with one attached hydrogen (secondary N) is 3. The second kappa shape index (κ2) is 6.83. The maximum atomic E-state index is 13.4. The van der Waals surface area contributed by atoms with Gasteiger partial charge in [0.05, 0.1) is 15.9 Å². The Morgan fingerprint density at radius 1 is 1.18 bits per heavy atom. The first-order valence-electron chi connectivity index (χ1n) is 9.19. The summed E-state index contributed by atoms with van der Waals surface area (Å²) in [4.78, 5) is 20.6. The summed E-state index contributed by atoms with van der Waals surface area (Å²) in [6, 6.07) is 14.0. The first-order valence-corrected chi connectivity index (χ1v) is 10.0. The van der Waals surface area contributed by atoms with Crippen LogP contribution in [-0.2, 0) is 4.79 Å². The summed E-state index contributed by atoms with van der Waals surface area (Å²) in [5.41, 5.74) is 2.69. The Hall–Kier alpha value is -3.06. The molecular formula is C21H18FN4OS+. The molecule has 0 bridgehead atoms. The number of hydrogen-bond acceptors (Lipinski definition) is 5. The van der Waals surface area contributed by atoms with Crippen LogP contribution in [0.25, 0.3) is 10.2 Å². The molecule has 140 valence electrons. The molecule has 7 heteroatoms. The van der Waals surface area contributed by atoms with Crippen LogP contribution in [0.2, 0.25) is 0 Å². The van der Waals surface area contributed by atoms with Crippen molar-refractivity contribution < 1.29 is 14.2 Å². The van der Waals surface area contributed by atoms with Gasteiger partial charge in [0.2, 0.25) is 0 Å². The highest BCUT2D eigenvalue weighted by Crippen LogP contribution is 2.31. The van der Waals surface area contributed by atoms with Crippen molar-refractivity contribution in [1.82, 2.24) is 10.3 Å². The number of aromatic nitrogens is 1. The third-order valence-electron chi connectivity index (χ3n) is 5.09. The highest BCUT2D eigenvalue weighted by atomic mass is 32.1. The lowest BCUT2D eigenvalue weighted by Crippen LogP contribution is -2.84. The van der Waals surface area contributed by atoms with Crippen molar-refractivity contribution in [3.8, 4) is 0 Å². The third kappa shape index (κ3) is 3.07. The van der Waals surface area contributed by atoms with Crippen LogP contribution in [0.3, 0.4) is 0 Å². The van der Waals surface area contributed by atoms with Crippen molar-refractivity contribution in [2.45, 2.75) is 18.9 Å². The number of Topliss-reactive ketones (excluding diaryl/α,β-unsaturated/α-hetero) is 1. The molecule has 0 radical (unpaired) electrons. The Kier molecular flexibility index (Phi) is 4.16. The van der Waals surface area contributed by atoms with Gasteiger partial charge in [0.15, 0.2) is 0 Å². The van der Waals surface area contributed by atoms with Gasteiger partial charge in [-0.15, -0.1) is 0 Å². The quantitative estimate of drug-likeness (QED) is 0.626. The monoisotopic (exact) mass is 393 g/mol. The largest absolute Gasteiger partial charge is 0.355 e. The van der Waals surface area contributed by atoms with Gasteiger partial charge in [-0.25, -0.2) is 20.0 Å². The van der Waals surface area contributed by atoms with Gasteiger partial charge in [0, 0.05) is 6.42 Å². The van der Waals surface area contributed by atoms with Crippen molar-refractivity contribution in [3.05, 3.63) is 71.7 Å². The van der Waals surface area contributed by atoms with Crippen LogP contribution < -0.4 is 15.6 Å². The zero-order chi connectivity index (χ0) is 19.1. The van der Waals surface area contributed by atoms with Gasteiger partial charge in [-0.1, -0.05) is 35.6 Å². The molecule has 2 atom stereocenters. The normalized spacial score (nSPS) is 21.5. The van der Waals surface area contributed by atoms with Crippen LogP contribution in [0.4, 0.5) is 9.52 Å². The van der Waals surface area contributed by atoms with E-state index in [-0.39, 0.29) is 23.6 Å². The Balaban J connectivity index is 1.52. The maximum absolute atomic E-state index is 13.4. The predicted octanol–water partition coefficient (Wildman–Crippen LogP) is 2.49. The second-order valence-electron chi connectivity index (χ2n) is 6.93. The molecule has 2 aromatic carbocycles. The molecule has 1 aliphatic carbocycles. The van der Waals surface area contributed by atoms with Crippen molar-refractivity contribution in [3.63, 3.8) is 0 Å². The van der Waals surface area contributed by atoms with Gasteiger partial charge >= 0.3 is 5.96 Å². The van der Waals surface area contributed by atoms with Gasteiger partial charge in [0.1, 0.15) is 23.6 Å². The number of rotatable bonds is 2. The molecule has 5 nitrogen and oxygen atoms in total. The zero-order valence-electron chi connectivity index (χ0n) is 14.9. The Morgan fingerprint density at radius 2 is 2.00 bits per heavy atom. The van der Waals surface area contributed by atoms with E-state index in [9.17, 15) is 9.18 Å². The fourth-order valence-electron chi connectivity index (χ4n) is 3.79. The number of benzene rings is 2. The molecule has 1 aromatic heterocycles. The summed E-state index contributed by atoms with van der Waals surface area (Å²) >= 11 is 1.56. The number of carbonyl (C=O) groups is 1. The van der Waals surface area contributed by atoms with Gasteiger partial charge in [-0.05, 0) is 42.3 Å². The lowest BCUT2D eigenvalue weighted by Gasteiger charge is -2.30. The molecule has 28 heavy (non-hydrogen) atoms. The molecule has 1 aliphatic heterocycles. The topological polar surface area (TPSA) is 68.0 Å². The lowest BCUT2D eigenvalue weighted by atomic mass is 9.81. The number of hydrogen-bond donors (Lipinski definition) is 3. The van der Waals surface area contributed by atoms with Crippen molar-refractivity contribution in [2.75, 3.05) is 5.32 Å². The van der Waals surface area contributed by atoms with Gasteiger partial charge in [0.25, 0.3) is 5.13 Å². The summed E-state index contributed by atoms with van der Waals surface area (Å²) in [6.07, 6.45) is 3.32. The molecule has 3 aromatic rings. The maximum Gasteiger partial charge on any atom is 0.355 e. The van der Waals surface area contributed by atoms with E-state index in [1.165, 1.54) is 12.1 Å². The van der Waals surface area contributed by atoms with Gasteiger partial charge < -0.3 is 0 Å². The fraction of sp³-hybridized carbons (Fsp3) is 0.190. The third-order valence-corrected chi connectivity index (χ3v) is 6.05. The average molecular weight is 393 g/mol. The molecule has 0 fully saturated rings. The standard InChI is InChI=1S/C21H17FN4OS/c22-13-10-8-12(9-11-13)19-18-15(5-3-6-16(18)27)23-20(25-19)26-21-24-14-4-1-2-7-17(14)28-21/h1-2,4-5,7-11,18-19H,3,6H2,(H2,23,24,25,26)/p+1/t18-,19-/m0/s1. The van der Waals surface area contributed by atoms with Crippen LogP contribution in [0, 0.1) is 11.7 Å². The highest BCUT2D eigenvalue weighted by molar-refractivity contribution is 7.22. The number of nitrogens with zero attached hydrogens (tertiary/aromatic N) is 1. The fourth-order valence-corrected chi connectivity index (χ4v) is 4.66. The number of ketones is 1. The molecule has 3 N–H and O–H groups in total. The minimum absolute atomic E-state index is 0.186. The molecule has 0 saturated heterocycles. The van der Waals surface area contributed by atoms with E-state index in [4.69, 9.17) is 0 Å². The van der Waals surface area contributed by atoms with E-state index < -0.39 is 0 Å². The minimum Gasteiger partial charge on any atom is -0.299 e. The number of guanidine groups is 1. The van der Waals surface area contributed by atoms with Crippen molar-refractivity contribution >= 4 is 38.4 Å². The SMILES string of the molecule is O=C1CCC=C2NC(Nc3nc4ccccc4s3)=[NH+][C@@H](c3ccc(F)cc3)[C@H]12. The Labute approximate surface area is 165 Å². The number of thiazole rings is 1. The number of carbonyl (C=O) groups excluding carboxylic acids is 1. The molecule has 5 rings (SSSR count). The molecule has 0 unspecified atom stereocenters. The van der Waals surface area contributed by atoms with E-state index in [0.717, 1.165) is 33.0 Å². The minimum atomic E-state index is -0.305. The van der Waals surface area contributed by atoms with Crippen LogP contribution in [0.1, 0.15) is 24.4 Å². The highest BCUT2D eigenvalue weighted by Gasteiger charge is 2.41. The van der Waals surface area contributed by atoms with Gasteiger partial charge in [-0.3, -0.25) is 9.79 Å². The molecule has 2 heterocycles. The zero-order valence-corrected chi connectivity index (χ0v) is 15.7. The first kappa shape index (κ1) is 17.1.